The molecule has 2 aliphatic heterocycles. The predicted molar refractivity (Wildman–Crippen MR) is 219 cm³/mol. The summed E-state index contributed by atoms with van der Waals surface area (Å²) in [6.07, 6.45) is 3.52. The van der Waals surface area contributed by atoms with Gasteiger partial charge in [-0.15, -0.1) is 0 Å². The summed E-state index contributed by atoms with van der Waals surface area (Å²) in [5, 5.41) is 10.0. The van der Waals surface area contributed by atoms with Crippen LogP contribution in [0.1, 0.15) is 71.7 Å². The molecule has 0 bridgehead atoms. The highest BCUT2D eigenvalue weighted by Gasteiger charge is 2.40. The van der Waals surface area contributed by atoms with Gasteiger partial charge in [0, 0.05) is 73.5 Å². The number of carboxylic acid groups (broad SMARTS) is 1. The summed E-state index contributed by atoms with van der Waals surface area (Å²) < 4.78 is 37.4. The second-order valence-electron chi connectivity index (χ2n) is 17.2. The van der Waals surface area contributed by atoms with Crippen LogP contribution in [0.5, 0.6) is 0 Å². The molecule has 59 heavy (non-hydrogen) atoms. The zero-order valence-electron chi connectivity index (χ0n) is 34.3. The standard InChI is InChI=1S/C44H52F2N4O8S/c1-43(2,3)40(36-19-30(34-20-32(45)12-13-35(34)46)24-48(36)21-28-10-8-7-9-11-28)50(23-29-16-17-47(22-29)42(57)58-44(4,5)6)39(54)27-59-26-31(41(55)56)18-33(51)25-49-37(52)14-15-38(49)53/h7-15,19-20,24,29,31,40H,16-18,21-23,25-27H2,1-6H3,(H,55,56)/t29?,31-,40-/m0/s1. The zero-order chi connectivity index (χ0) is 43.2. The maximum Gasteiger partial charge on any atom is 0.410 e. The molecule has 1 fully saturated rings. The topological polar surface area (TPSA) is 147 Å². The van der Waals surface area contributed by atoms with Crippen LogP contribution in [0, 0.1) is 28.9 Å². The fraction of sp³-hybridized carbons (Fsp3) is 0.455. The molecule has 0 saturated carbocycles. The van der Waals surface area contributed by atoms with Crippen LogP contribution in [0.25, 0.3) is 11.1 Å². The minimum absolute atomic E-state index is 0.0620. The lowest BCUT2D eigenvalue weighted by atomic mass is 9.82. The molecule has 2 aliphatic rings. The molecule has 3 atom stereocenters. The van der Waals surface area contributed by atoms with E-state index in [1.54, 1.807) is 42.8 Å². The molecule has 1 N–H and O–H groups in total. The van der Waals surface area contributed by atoms with E-state index in [1.165, 1.54) is 0 Å². The number of imide groups is 1. The van der Waals surface area contributed by atoms with Crippen molar-refractivity contribution in [3.63, 3.8) is 0 Å². The van der Waals surface area contributed by atoms with Gasteiger partial charge in [-0.25, -0.2) is 13.6 Å². The number of aliphatic carboxylic acids is 1. The fourth-order valence-corrected chi connectivity index (χ4v) is 8.41. The number of carbonyl (C=O) groups is 6. The number of ether oxygens (including phenoxy) is 1. The highest BCUT2D eigenvalue weighted by atomic mass is 32.2. The van der Waals surface area contributed by atoms with E-state index in [1.807, 2.05) is 55.7 Å². The monoisotopic (exact) mass is 834 g/mol. The number of hydrogen-bond acceptors (Lipinski definition) is 8. The smallest absolute Gasteiger partial charge is 0.410 e. The summed E-state index contributed by atoms with van der Waals surface area (Å²) in [4.78, 5) is 80.9. The zero-order valence-corrected chi connectivity index (χ0v) is 35.1. The van der Waals surface area contributed by atoms with Crippen LogP contribution in [0.4, 0.5) is 13.6 Å². The molecule has 0 spiro atoms. The van der Waals surface area contributed by atoms with Crippen LogP contribution < -0.4 is 0 Å². The summed E-state index contributed by atoms with van der Waals surface area (Å²) >= 11 is 1.05. The first-order chi connectivity index (χ1) is 27.7. The first-order valence-corrected chi connectivity index (χ1v) is 20.7. The van der Waals surface area contributed by atoms with Gasteiger partial charge >= 0.3 is 12.1 Å². The maximum atomic E-state index is 15.3. The van der Waals surface area contributed by atoms with Crippen LogP contribution in [0.2, 0.25) is 0 Å². The van der Waals surface area contributed by atoms with Crippen molar-refractivity contribution in [2.45, 2.75) is 72.6 Å². The molecule has 2 aromatic carbocycles. The predicted octanol–water partition coefficient (Wildman–Crippen LogP) is 6.97. The van der Waals surface area contributed by atoms with Gasteiger partial charge in [0.05, 0.1) is 24.3 Å². The Hall–Kier alpha value is -5.31. The molecular weight excluding hydrogens is 783 g/mol. The van der Waals surface area contributed by atoms with Gasteiger partial charge in [0.1, 0.15) is 17.2 Å². The molecule has 1 saturated heterocycles. The average Bonchev–Trinajstić information content (AvgIpc) is 3.87. The third kappa shape index (κ3) is 11.9. The highest BCUT2D eigenvalue weighted by Crippen LogP contribution is 2.42. The number of thioether (sulfide) groups is 1. The lowest BCUT2D eigenvalue weighted by Crippen LogP contribution is -2.46. The normalized spacial score (nSPS) is 16.7. The molecule has 1 unspecified atom stereocenters. The van der Waals surface area contributed by atoms with Crippen molar-refractivity contribution in [1.29, 1.82) is 0 Å². The molecule has 4 amide bonds. The summed E-state index contributed by atoms with van der Waals surface area (Å²) in [7, 11) is 0. The van der Waals surface area contributed by atoms with Crippen molar-refractivity contribution in [3.8, 4) is 11.1 Å². The van der Waals surface area contributed by atoms with Crippen molar-refractivity contribution < 1.29 is 47.4 Å². The molecule has 12 nitrogen and oxygen atoms in total. The van der Waals surface area contributed by atoms with Crippen LogP contribution >= 0.6 is 11.8 Å². The van der Waals surface area contributed by atoms with Crippen LogP contribution in [-0.2, 0) is 35.3 Å². The Morgan fingerprint density at radius 1 is 0.966 bits per heavy atom. The fourth-order valence-electron chi connectivity index (χ4n) is 7.41. The van der Waals surface area contributed by atoms with Crippen molar-refractivity contribution in [2.75, 3.05) is 37.7 Å². The second kappa shape index (κ2) is 18.7. The van der Waals surface area contributed by atoms with Gasteiger partial charge in [-0.3, -0.25) is 28.9 Å². The van der Waals surface area contributed by atoms with Gasteiger partial charge in [0.15, 0.2) is 5.78 Å². The quantitative estimate of drug-likeness (QED) is 0.151. The molecule has 316 valence electrons. The Kier molecular flexibility index (Phi) is 14.2. The number of nitrogens with zero attached hydrogens (tertiary/aromatic N) is 4. The molecule has 5 rings (SSSR count). The number of ketones is 1. The van der Waals surface area contributed by atoms with Gasteiger partial charge < -0.3 is 24.2 Å². The number of carbonyl (C=O) groups excluding carboxylic acids is 5. The Morgan fingerprint density at radius 3 is 2.27 bits per heavy atom. The molecule has 15 heteroatoms. The third-order valence-electron chi connectivity index (χ3n) is 10.1. The molecule has 3 heterocycles. The van der Waals surface area contributed by atoms with E-state index in [4.69, 9.17) is 4.74 Å². The number of amides is 4. The van der Waals surface area contributed by atoms with E-state index >= 15 is 4.39 Å². The Labute approximate surface area is 347 Å². The second-order valence-corrected chi connectivity index (χ2v) is 18.2. The van der Waals surface area contributed by atoms with Gasteiger partial charge in [0.2, 0.25) is 5.91 Å². The van der Waals surface area contributed by atoms with Crippen LogP contribution in [0.15, 0.2) is 72.9 Å². The number of halogens is 2. The Balaban J connectivity index is 1.47. The molecular formula is C44H52F2N4O8S. The minimum Gasteiger partial charge on any atom is -0.481 e. The largest absolute Gasteiger partial charge is 0.481 e. The first kappa shape index (κ1) is 44.8. The van der Waals surface area contributed by atoms with Crippen molar-refractivity contribution in [3.05, 3.63) is 95.8 Å². The van der Waals surface area contributed by atoms with Crippen molar-refractivity contribution in [2.24, 2.45) is 17.3 Å². The molecule has 1 aromatic heterocycles. The van der Waals surface area contributed by atoms with E-state index in [9.17, 15) is 38.3 Å². The third-order valence-corrected chi connectivity index (χ3v) is 11.2. The summed E-state index contributed by atoms with van der Waals surface area (Å²) in [5.41, 5.74) is 0.728. The minimum atomic E-state index is -1.26. The van der Waals surface area contributed by atoms with Crippen molar-refractivity contribution in [1.82, 2.24) is 19.3 Å². The number of Topliss-reactive ketones (excluding diaryl/α,β-unsaturated/α-hetero) is 1. The maximum absolute atomic E-state index is 15.3. The van der Waals surface area contributed by atoms with Gasteiger partial charge in [0.25, 0.3) is 11.8 Å². The number of benzene rings is 2. The molecule has 3 aromatic rings. The van der Waals surface area contributed by atoms with E-state index in [2.05, 4.69) is 0 Å². The van der Waals surface area contributed by atoms with Gasteiger partial charge in [-0.1, -0.05) is 51.1 Å². The average molecular weight is 835 g/mol. The van der Waals surface area contributed by atoms with Crippen LogP contribution in [0.3, 0.4) is 0 Å². The van der Waals surface area contributed by atoms with Gasteiger partial charge in [-0.2, -0.15) is 11.8 Å². The highest BCUT2D eigenvalue weighted by molar-refractivity contribution is 7.99. The first-order valence-electron chi connectivity index (χ1n) is 19.5. The summed E-state index contributed by atoms with van der Waals surface area (Å²) in [6.45, 7) is 12.1. The molecule has 0 radical (unpaired) electrons. The lowest BCUT2D eigenvalue weighted by Gasteiger charge is -2.42. The number of rotatable bonds is 16. The van der Waals surface area contributed by atoms with E-state index in [-0.39, 0.29) is 35.4 Å². The summed E-state index contributed by atoms with van der Waals surface area (Å²) in [5.74, 6) is -6.33. The van der Waals surface area contributed by atoms with Gasteiger partial charge in [-0.05, 0) is 68.4 Å². The van der Waals surface area contributed by atoms with E-state index in [0.717, 1.165) is 52.6 Å². The number of carboxylic acids is 1. The van der Waals surface area contributed by atoms with Crippen molar-refractivity contribution >= 4 is 47.3 Å². The number of likely N-dealkylation sites (tertiary alicyclic amines) is 1. The van der Waals surface area contributed by atoms with E-state index in [0.29, 0.717) is 37.3 Å². The lowest BCUT2D eigenvalue weighted by molar-refractivity contribution is -0.144. The Morgan fingerprint density at radius 2 is 1.64 bits per heavy atom. The summed E-state index contributed by atoms with van der Waals surface area (Å²) in [6, 6.07) is 14.0. The Bertz CT molecular complexity index is 2070. The SMILES string of the molecule is CC(C)(C)OC(=O)N1CCC(CN(C(=O)CSC[C@H](CC(=O)CN2C(=O)C=CC2=O)C(=O)O)[C@@H](c2cc(-c3cc(F)ccc3F)cn2Cc2ccccc2)C(C)(C)C)C1. The van der Waals surface area contributed by atoms with Crippen LogP contribution in [-0.4, -0.2) is 103 Å². The number of aromatic nitrogens is 1. The molecule has 0 aliphatic carbocycles. The number of hydrogen-bond donors (Lipinski definition) is 1. The van der Waals surface area contributed by atoms with E-state index < -0.39 is 77.2 Å².